The normalized spacial score (nSPS) is 14.0. The summed E-state index contributed by atoms with van der Waals surface area (Å²) >= 11 is 0. The molecular weight excluding hydrogens is 306 g/mol. The molecule has 1 aromatic carbocycles. The number of nitrogens with one attached hydrogen (secondary N) is 1. The summed E-state index contributed by atoms with van der Waals surface area (Å²) in [6, 6.07) is 3.35. The SMILES string of the molecule is CC(C)(C)OC(=O)NCC(O)C(O)c1ccc(C(=O)O)cc1O. The van der Waals surface area contributed by atoms with Gasteiger partial charge in [0, 0.05) is 12.1 Å². The summed E-state index contributed by atoms with van der Waals surface area (Å²) in [7, 11) is 0. The van der Waals surface area contributed by atoms with Crippen molar-refractivity contribution in [3.63, 3.8) is 0 Å². The first-order valence-corrected chi connectivity index (χ1v) is 6.90. The number of carbonyl (C=O) groups is 2. The molecule has 0 radical (unpaired) electrons. The molecule has 1 aromatic rings. The number of aromatic carboxylic acids is 1. The first kappa shape index (κ1) is 18.7. The van der Waals surface area contributed by atoms with Crippen molar-refractivity contribution in [2.24, 2.45) is 0 Å². The molecule has 128 valence electrons. The van der Waals surface area contributed by atoms with Crippen molar-refractivity contribution in [1.82, 2.24) is 5.32 Å². The van der Waals surface area contributed by atoms with E-state index in [0.29, 0.717) is 0 Å². The minimum atomic E-state index is -1.51. The van der Waals surface area contributed by atoms with Crippen LogP contribution < -0.4 is 5.32 Å². The Bertz CT molecular complexity index is 580. The Labute approximate surface area is 133 Å². The van der Waals surface area contributed by atoms with Crippen LogP contribution in [0.25, 0.3) is 0 Å². The van der Waals surface area contributed by atoms with Gasteiger partial charge in [0.05, 0.1) is 5.56 Å². The summed E-state index contributed by atoms with van der Waals surface area (Å²) < 4.78 is 4.98. The van der Waals surface area contributed by atoms with Gasteiger partial charge in [-0.3, -0.25) is 0 Å². The van der Waals surface area contributed by atoms with Crippen LogP contribution in [-0.4, -0.2) is 50.7 Å². The predicted molar refractivity (Wildman–Crippen MR) is 80.3 cm³/mol. The molecule has 0 aromatic heterocycles. The third-order valence-corrected chi connectivity index (χ3v) is 2.81. The summed E-state index contributed by atoms with van der Waals surface area (Å²) in [4.78, 5) is 22.2. The monoisotopic (exact) mass is 327 g/mol. The number of hydrogen-bond donors (Lipinski definition) is 5. The second kappa shape index (κ2) is 7.30. The van der Waals surface area contributed by atoms with Crippen LogP contribution >= 0.6 is 0 Å². The van der Waals surface area contributed by atoms with E-state index in [1.54, 1.807) is 20.8 Å². The van der Waals surface area contributed by atoms with Crippen molar-refractivity contribution in [2.75, 3.05) is 6.54 Å². The summed E-state index contributed by atoms with van der Waals surface area (Å²) in [5, 5.41) is 40.7. The van der Waals surface area contributed by atoms with Crippen molar-refractivity contribution < 1.29 is 34.8 Å². The van der Waals surface area contributed by atoms with Gasteiger partial charge in [0.1, 0.15) is 23.6 Å². The van der Waals surface area contributed by atoms with Gasteiger partial charge in [0.2, 0.25) is 0 Å². The topological polar surface area (TPSA) is 136 Å². The van der Waals surface area contributed by atoms with E-state index in [0.717, 1.165) is 6.07 Å². The zero-order valence-electron chi connectivity index (χ0n) is 13.1. The second-order valence-electron chi connectivity index (χ2n) is 5.97. The lowest BCUT2D eigenvalue weighted by molar-refractivity contribution is 0.0119. The summed E-state index contributed by atoms with van der Waals surface area (Å²) in [6.45, 7) is 4.73. The Morgan fingerprint density at radius 2 is 1.87 bits per heavy atom. The zero-order chi connectivity index (χ0) is 17.8. The molecule has 0 aliphatic rings. The molecule has 0 spiro atoms. The van der Waals surface area contributed by atoms with Crippen molar-refractivity contribution in [3.05, 3.63) is 29.3 Å². The molecule has 0 aliphatic heterocycles. The third-order valence-electron chi connectivity index (χ3n) is 2.81. The Morgan fingerprint density at radius 1 is 1.26 bits per heavy atom. The predicted octanol–water partition coefficient (Wildman–Crippen LogP) is 1.01. The Kier molecular flexibility index (Phi) is 5.94. The van der Waals surface area contributed by atoms with Gasteiger partial charge in [-0.05, 0) is 32.9 Å². The number of ether oxygens (including phenoxy) is 1. The number of amides is 1. The number of aliphatic hydroxyl groups excluding tert-OH is 2. The van der Waals surface area contributed by atoms with Crippen LogP contribution in [0, 0.1) is 0 Å². The lowest BCUT2D eigenvalue weighted by atomic mass is 10.0. The van der Waals surface area contributed by atoms with E-state index in [2.05, 4.69) is 5.32 Å². The number of aliphatic hydroxyl groups is 2. The van der Waals surface area contributed by atoms with E-state index < -0.39 is 35.6 Å². The molecule has 0 heterocycles. The van der Waals surface area contributed by atoms with Crippen LogP contribution in [0.5, 0.6) is 5.75 Å². The maximum Gasteiger partial charge on any atom is 0.407 e. The molecular formula is C15H21NO7. The van der Waals surface area contributed by atoms with Crippen LogP contribution in [0.15, 0.2) is 18.2 Å². The van der Waals surface area contributed by atoms with E-state index in [1.807, 2.05) is 0 Å². The Balaban J connectivity index is 2.68. The molecule has 8 heteroatoms. The van der Waals surface area contributed by atoms with Crippen LogP contribution in [0.3, 0.4) is 0 Å². The van der Waals surface area contributed by atoms with Crippen molar-refractivity contribution in [2.45, 2.75) is 38.6 Å². The first-order valence-electron chi connectivity index (χ1n) is 6.90. The molecule has 0 aliphatic carbocycles. The van der Waals surface area contributed by atoms with Gasteiger partial charge in [0.25, 0.3) is 0 Å². The number of aromatic hydroxyl groups is 1. The maximum atomic E-state index is 11.5. The highest BCUT2D eigenvalue weighted by Crippen LogP contribution is 2.27. The number of rotatable bonds is 5. The standard InChI is InChI=1S/C15H21NO7/c1-15(2,3)23-14(22)16-7-11(18)12(19)9-5-4-8(13(20)21)6-10(9)17/h4-6,11-12,17-19H,7H2,1-3H3,(H,16,22)(H,20,21). The van der Waals surface area contributed by atoms with E-state index in [9.17, 15) is 24.9 Å². The zero-order valence-corrected chi connectivity index (χ0v) is 13.1. The molecule has 0 fully saturated rings. The second-order valence-corrected chi connectivity index (χ2v) is 5.97. The van der Waals surface area contributed by atoms with Gasteiger partial charge in [-0.2, -0.15) is 0 Å². The molecule has 23 heavy (non-hydrogen) atoms. The van der Waals surface area contributed by atoms with Crippen LogP contribution in [0.4, 0.5) is 4.79 Å². The first-order chi connectivity index (χ1) is 10.5. The van der Waals surface area contributed by atoms with Gasteiger partial charge < -0.3 is 30.5 Å². The van der Waals surface area contributed by atoms with Gasteiger partial charge >= 0.3 is 12.1 Å². The number of benzene rings is 1. The molecule has 2 atom stereocenters. The minimum absolute atomic E-state index is 0.0477. The number of phenols is 1. The van der Waals surface area contributed by atoms with Crippen LogP contribution in [0.2, 0.25) is 0 Å². The number of carbonyl (C=O) groups excluding carboxylic acids is 1. The molecule has 1 amide bonds. The fourth-order valence-electron chi connectivity index (χ4n) is 1.75. The number of hydrogen-bond acceptors (Lipinski definition) is 6. The lowest BCUT2D eigenvalue weighted by Gasteiger charge is -2.22. The van der Waals surface area contributed by atoms with E-state index in [4.69, 9.17) is 9.84 Å². The Morgan fingerprint density at radius 3 is 2.35 bits per heavy atom. The van der Waals surface area contributed by atoms with Gasteiger partial charge in [-0.25, -0.2) is 9.59 Å². The van der Waals surface area contributed by atoms with Crippen molar-refractivity contribution in [3.8, 4) is 5.75 Å². The van der Waals surface area contributed by atoms with Gasteiger partial charge in [-0.15, -0.1) is 0 Å². The molecule has 0 bridgehead atoms. The third kappa shape index (κ3) is 5.76. The van der Waals surface area contributed by atoms with Gasteiger partial charge in [0.15, 0.2) is 0 Å². The summed E-state index contributed by atoms with van der Waals surface area (Å²) in [5.41, 5.74) is -0.896. The fraction of sp³-hybridized carbons (Fsp3) is 0.467. The molecule has 0 saturated heterocycles. The average molecular weight is 327 g/mol. The van der Waals surface area contributed by atoms with E-state index in [1.165, 1.54) is 12.1 Å². The highest BCUT2D eigenvalue weighted by molar-refractivity contribution is 5.88. The minimum Gasteiger partial charge on any atom is -0.508 e. The van der Waals surface area contributed by atoms with Crippen LogP contribution in [-0.2, 0) is 4.74 Å². The van der Waals surface area contributed by atoms with E-state index in [-0.39, 0.29) is 17.7 Å². The number of carboxylic acids is 1. The highest BCUT2D eigenvalue weighted by atomic mass is 16.6. The average Bonchev–Trinajstić information content (AvgIpc) is 2.41. The number of carboxylic acid groups (broad SMARTS) is 1. The number of phenolic OH excluding ortho intramolecular Hbond substituents is 1. The van der Waals surface area contributed by atoms with E-state index >= 15 is 0 Å². The largest absolute Gasteiger partial charge is 0.508 e. The van der Waals surface area contributed by atoms with Crippen molar-refractivity contribution in [1.29, 1.82) is 0 Å². The molecule has 1 rings (SSSR count). The summed E-state index contributed by atoms with van der Waals surface area (Å²) in [5.74, 6) is -1.69. The van der Waals surface area contributed by atoms with Crippen LogP contribution in [0.1, 0.15) is 42.8 Å². The molecule has 8 nitrogen and oxygen atoms in total. The van der Waals surface area contributed by atoms with Crippen molar-refractivity contribution >= 4 is 12.1 Å². The number of alkyl carbamates (subject to hydrolysis) is 1. The fourth-order valence-corrected chi connectivity index (χ4v) is 1.75. The van der Waals surface area contributed by atoms with Gasteiger partial charge in [-0.1, -0.05) is 6.07 Å². The highest BCUT2D eigenvalue weighted by Gasteiger charge is 2.24. The smallest absolute Gasteiger partial charge is 0.407 e. The maximum absolute atomic E-state index is 11.5. The molecule has 5 N–H and O–H groups in total. The quantitative estimate of drug-likeness (QED) is 0.544. The molecule has 2 unspecified atom stereocenters. The summed E-state index contributed by atoms with van der Waals surface area (Å²) in [6.07, 6.45) is -3.67. The lowest BCUT2D eigenvalue weighted by Crippen LogP contribution is -2.38. The Hall–Kier alpha value is -2.32. The molecule has 0 saturated carbocycles.